The second-order valence-corrected chi connectivity index (χ2v) is 6.54. The highest BCUT2D eigenvalue weighted by molar-refractivity contribution is 5.79. The van der Waals surface area contributed by atoms with Crippen LogP contribution in [-0.2, 0) is 18.3 Å². The molecule has 3 rings (SSSR count). The molecule has 0 fully saturated rings. The van der Waals surface area contributed by atoms with E-state index in [2.05, 4.69) is 10.3 Å². The molecular weight excluding hydrogens is 370 g/mol. The molecule has 2 aromatic carbocycles. The molecule has 0 saturated carbocycles. The van der Waals surface area contributed by atoms with Gasteiger partial charge in [0.25, 0.3) is 0 Å². The lowest BCUT2D eigenvalue weighted by Gasteiger charge is -2.20. The van der Waals surface area contributed by atoms with Crippen LogP contribution in [0.1, 0.15) is 23.0 Å². The summed E-state index contributed by atoms with van der Waals surface area (Å²) in [6.07, 6.45) is 3.76. The third-order valence-electron chi connectivity index (χ3n) is 4.66. The van der Waals surface area contributed by atoms with E-state index in [0.29, 0.717) is 11.5 Å². The monoisotopic (exact) mass is 395 g/mol. The smallest absolute Gasteiger partial charge is 0.225 e. The van der Waals surface area contributed by atoms with E-state index in [1.807, 2.05) is 48.1 Å². The van der Waals surface area contributed by atoms with Gasteiger partial charge in [0.15, 0.2) is 11.5 Å². The van der Waals surface area contributed by atoms with Crippen molar-refractivity contribution in [2.75, 3.05) is 21.3 Å². The van der Waals surface area contributed by atoms with Gasteiger partial charge in [0, 0.05) is 19.4 Å². The van der Waals surface area contributed by atoms with Crippen LogP contribution in [0.2, 0.25) is 0 Å². The summed E-state index contributed by atoms with van der Waals surface area (Å²) in [4.78, 5) is 17.3. The van der Waals surface area contributed by atoms with Crippen LogP contribution in [-0.4, -0.2) is 36.8 Å². The Hall–Kier alpha value is -3.48. The van der Waals surface area contributed by atoms with Gasteiger partial charge in [-0.05, 0) is 35.4 Å². The second kappa shape index (κ2) is 9.14. The highest BCUT2D eigenvalue weighted by atomic mass is 16.5. The molecule has 1 atom stereocenters. The first-order valence-electron chi connectivity index (χ1n) is 9.17. The van der Waals surface area contributed by atoms with Crippen molar-refractivity contribution in [2.45, 2.75) is 12.5 Å². The highest BCUT2D eigenvalue weighted by Crippen LogP contribution is 2.28. The van der Waals surface area contributed by atoms with Gasteiger partial charge >= 0.3 is 0 Å². The number of rotatable bonds is 8. The van der Waals surface area contributed by atoms with Gasteiger partial charge < -0.3 is 24.1 Å². The molecule has 1 amide bonds. The van der Waals surface area contributed by atoms with Gasteiger partial charge in [0.1, 0.15) is 17.6 Å². The van der Waals surface area contributed by atoms with E-state index in [4.69, 9.17) is 14.2 Å². The molecule has 1 heterocycles. The Morgan fingerprint density at radius 2 is 1.86 bits per heavy atom. The number of carbonyl (C=O) groups excluding carboxylic acids is 1. The minimum absolute atomic E-state index is 0.131. The van der Waals surface area contributed by atoms with Crippen LogP contribution in [0.5, 0.6) is 17.2 Å². The summed E-state index contributed by atoms with van der Waals surface area (Å²) >= 11 is 0. The number of carbonyl (C=O) groups is 1. The van der Waals surface area contributed by atoms with Crippen molar-refractivity contribution in [3.8, 4) is 17.2 Å². The largest absolute Gasteiger partial charge is 0.497 e. The summed E-state index contributed by atoms with van der Waals surface area (Å²) in [5.74, 6) is 2.54. The molecule has 1 aromatic heterocycles. The number of amides is 1. The summed E-state index contributed by atoms with van der Waals surface area (Å²) in [7, 11) is 6.66. The number of hydrogen-bond acceptors (Lipinski definition) is 5. The molecule has 7 nitrogen and oxygen atoms in total. The number of nitrogens with one attached hydrogen (secondary N) is 1. The predicted molar refractivity (Wildman–Crippen MR) is 109 cm³/mol. The maximum absolute atomic E-state index is 12.9. The topological polar surface area (TPSA) is 74.6 Å². The van der Waals surface area contributed by atoms with Crippen molar-refractivity contribution < 1.29 is 19.0 Å². The molecule has 0 spiro atoms. The fourth-order valence-electron chi connectivity index (χ4n) is 3.16. The molecule has 0 aliphatic heterocycles. The summed E-state index contributed by atoms with van der Waals surface area (Å²) < 4.78 is 17.8. The minimum Gasteiger partial charge on any atom is -0.497 e. The maximum atomic E-state index is 12.9. The Bertz CT molecular complexity index is 984. The van der Waals surface area contributed by atoms with Crippen molar-refractivity contribution in [3.63, 3.8) is 0 Å². The van der Waals surface area contributed by atoms with Gasteiger partial charge in [-0.15, -0.1) is 0 Å². The molecule has 0 radical (unpaired) electrons. The first-order chi connectivity index (χ1) is 14.0. The van der Waals surface area contributed by atoms with Crippen molar-refractivity contribution in [3.05, 3.63) is 71.8 Å². The Balaban J connectivity index is 1.84. The van der Waals surface area contributed by atoms with E-state index in [0.717, 1.165) is 22.7 Å². The molecular formula is C22H25N3O4. The van der Waals surface area contributed by atoms with E-state index in [-0.39, 0.29) is 12.3 Å². The summed E-state index contributed by atoms with van der Waals surface area (Å²) in [6.45, 7) is 0. The van der Waals surface area contributed by atoms with Crippen molar-refractivity contribution >= 4 is 5.91 Å². The molecule has 152 valence electrons. The van der Waals surface area contributed by atoms with Gasteiger partial charge in [-0.3, -0.25) is 4.79 Å². The number of aryl methyl sites for hydroxylation is 1. The lowest BCUT2D eigenvalue weighted by molar-refractivity contribution is -0.121. The summed E-state index contributed by atoms with van der Waals surface area (Å²) in [5, 5.41) is 3.09. The van der Waals surface area contributed by atoms with Crippen LogP contribution in [0.4, 0.5) is 0 Å². The van der Waals surface area contributed by atoms with Crippen molar-refractivity contribution in [2.24, 2.45) is 7.05 Å². The van der Waals surface area contributed by atoms with E-state index >= 15 is 0 Å². The molecule has 0 bridgehead atoms. The molecule has 1 unspecified atom stereocenters. The second-order valence-electron chi connectivity index (χ2n) is 6.54. The summed E-state index contributed by atoms with van der Waals surface area (Å²) in [6, 6.07) is 12.6. The quantitative estimate of drug-likeness (QED) is 0.635. The lowest BCUT2D eigenvalue weighted by atomic mass is 10.0. The molecule has 0 saturated heterocycles. The van der Waals surface area contributed by atoms with Gasteiger partial charge in [-0.25, -0.2) is 4.98 Å². The zero-order chi connectivity index (χ0) is 20.8. The number of ether oxygens (including phenoxy) is 3. The highest BCUT2D eigenvalue weighted by Gasteiger charge is 2.21. The Kier molecular flexibility index (Phi) is 6.39. The average Bonchev–Trinajstić information content (AvgIpc) is 3.17. The third kappa shape index (κ3) is 4.68. The molecule has 0 aliphatic carbocycles. The van der Waals surface area contributed by atoms with Gasteiger partial charge in [0.2, 0.25) is 5.91 Å². The zero-order valence-electron chi connectivity index (χ0n) is 17.0. The minimum atomic E-state index is -0.405. The molecule has 7 heteroatoms. The average molecular weight is 395 g/mol. The van der Waals surface area contributed by atoms with Gasteiger partial charge in [0.05, 0.1) is 27.8 Å². The molecule has 0 aliphatic rings. The standard InChI is InChI=1S/C22H25N3O4/c1-25-11-10-23-22(25)21(16-6-5-7-17(14-16)27-2)24-20(26)13-15-8-9-18(28-3)19(12-15)29-4/h5-12,14,21H,13H2,1-4H3,(H,24,26). The Labute approximate surface area is 170 Å². The zero-order valence-corrected chi connectivity index (χ0v) is 17.0. The Morgan fingerprint density at radius 3 is 2.52 bits per heavy atom. The lowest BCUT2D eigenvalue weighted by Crippen LogP contribution is -2.32. The van der Waals surface area contributed by atoms with Gasteiger partial charge in [-0.1, -0.05) is 18.2 Å². The van der Waals surface area contributed by atoms with E-state index in [1.165, 1.54) is 0 Å². The number of aromatic nitrogens is 2. The Morgan fingerprint density at radius 1 is 1.07 bits per heavy atom. The first kappa shape index (κ1) is 20.3. The third-order valence-corrected chi connectivity index (χ3v) is 4.66. The van der Waals surface area contributed by atoms with Crippen LogP contribution in [0.25, 0.3) is 0 Å². The van der Waals surface area contributed by atoms with Crippen LogP contribution in [0, 0.1) is 0 Å². The van der Waals surface area contributed by atoms with Crippen molar-refractivity contribution in [1.82, 2.24) is 14.9 Å². The number of methoxy groups -OCH3 is 3. The van der Waals surface area contributed by atoms with Crippen LogP contribution in [0.15, 0.2) is 54.9 Å². The number of imidazole rings is 1. The van der Waals surface area contributed by atoms with Gasteiger partial charge in [-0.2, -0.15) is 0 Å². The van der Waals surface area contributed by atoms with Crippen LogP contribution in [0.3, 0.4) is 0 Å². The normalized spacial score (nSPS) is 11.6. The fourth-order valence-corrected chi connectivity index (χ4v) is 3.16. The summed E-state index contributed by atoms with van der Waals surface area (Å²) in [5.41, 5.74) is 1.71. The molecule has 29 heavy (non-hydrogen) atoms. The number of nitrogens with zero attached hydrogens (tertiary/aromatic N) is 2. The number of benzene rings is 2. The van der Waals surface area contributed by atoms with E-state index in [9.17, 15) is 4.79 Å². The van der Waals surface area contributed by atoms with E-state index < -0.39 is 6.04 Å². The predicted octanol–water partition coefficient (Wildman–Crippen LogP) is 2.89. The molecule has 1 N–H and O–H groups in total. The van der Waals surface area contributed by atoms with Crippen LogP contribution < -0.4 is 19.5 Å². The maximum Gasteiger partial charge on any atom is 0.225 e. The van der Waals surface area contributed by atoms with Crippen LogP contribution >= 0.6 is 0 Å². The van der Waals surface area contributed by atoms with E-state index in [1.54, 1.807) is 39.7 Å². The molecule has 3 aromatic rings. The van der Waals surface area contributed by atoms with Crippen molar-refractivity contribution in [1.29, 1.82) is 0 Å². The number of hydrogen-bond donors (Lipinski definition) is 1. The SMILES string of the molecule is COc1cccc(C(NC(=O)Cc2ccc(OC)c(OC)c2)c2nccn2C)c1. The fraction of sp³-hybridized carbons (Fsp3) is 0.273. The first-order valence-corrected chi connectivity index (χ1v) is 9.17.